The first kappa shape index (κ1) is 16.2. The van der Waals surface area contributed by atoms with Gasteiger partial charge in [-0.15, -0.1) is 0 Å². The molecule has 0 radical (unpaired) electrons. The summed E-state index contributed by atoms with van der Waals surface area (Å²) < 4.78 is 14.2. The van der Waals surface area contributed by atoms with Crippen LogP contribution in [0.2, 0.25) is 0 Å². The van der Waals surface area contributed by atoms with Crippen LogP contribution in [-0.4, -0.2) is 22.8 Å². The van der Waals surface area contributed by atoms with E-state index in [0.29, 0.717) is 6.61 Å². The molecular formula is C21H24N2O2. The van der Waals surface area contributed by atoms with Crippen LogP contribution in [0.5, 0.6) is 5.75 Å². The monoisotopic (exact) mass is 336 g/mol. The Morgan fingerprint density at radius 1 is 1.20 bits per heavy atom. The van der Waals surface area contributed by atoms with Gasteiger partial charge in [0.1, 0.15) is 24.3 Å². The van der Waals surface area contributed by atoms with E-state index in [4.69, 9.17) is 14.5 Å². The van der Waals surface area contributed by atoms with Gasteiger partial charge in [-0.1, -0.05) is 29.8 Å². The number of rotatable bonds is 5. The summed E-state index contributed by atoms with van der Waals surface area (Å²) in [6, 6.07) is 14.6. The van der Waals surface area contributed by atoms with Crippen LogP contribution in [0.15, 0.2) is 42.5 Å². The highest BCUT2D eigenvalue weighted by molar-refractivity contribution is 5.76. The molecule has 25 heavy (non-hydrogen) atoms. The molecule has 1 aromatic heterocycles. The van der Waals surface area contributed by atoms with Gasteiger partial charge < -0.3 is 14.0 Å². The van der Waals surface area contributed by atoms with Crippen LogP contribution in [-0.2, 0) is 11.3 Å². The zero-order chi connectivity index (χ0) is 17.2. The molecule has 0 N–H and O–H groups in total. The number of aromatic nitrogens is 2. The molecule has 0 bridgehead atoms. The molecule has 130 valence electrons. The van der Waals surface area contributed by atoms with Crippen molar-refractivity contribution in [1.29, 1.82) is 0 Å². The lowest BCUT2D eigenvalue weighted by molar-refractivity contribution is 0.101. The fourth-order valence-corrected chi connectivity index (χ4v) is 3.56. The van der Waals surface area contributed by atoms with Crippen molar-refractivity contribution in [3.8, 4) is 5.75 Å². The molecule has 1 atom stereocenters. The van der Waals surface area contributed by atoms with Gasteiger partial charge in [0, 0.05) is 6.61 Å². The maximum absolute atomic E-state index is 6.04. The standard InChI is InChI=1S/C21H24N2O2/c1-15-9-10-19(16(2)14-15)25-13-11-23-18-7-4-3-6-17(18)22-21(23)20-8-5-12-24-20/h3-4,6-7,9-10,14,20H,5,8,11-13H2,1-2H3. The Kier molecular flexibility index (Phi) is 4.45. The second-order valence-corrected chi connectivity index (χ2v) is 6.73. The first-order valence-corrected chi connectivity index (χ1v) is 8.99. The second-order valence-electron chi connectivity index (χ2n) is 6.73. The maximum Gasteiger partial charge on any atom is 0.139 e. The molecule has 0 spiro atoms. The van der Waals surface area contributed by atoms with E-state index in [2.05, 4.69) is 54.8 Å². The molecule has 4 heteroatoms. The summed E-state index contributed by atoms with van der Waals surface area (Å²) >= 11 is 0. The fourth-order valence-electron chi connectivity index (χ4n) is 3.56. The van der Waals surface area contributed by atoms with Gasteiger partial charge in [0.15, 0.2) is 0 Å². The molecule has 1 aliphatic heterocycles. The Bertz CT molecular complexity index is 879. The van der Waals surface area contributed by atoms with E-state index in [1.54, 1.807) is 0 Å². The number of hydrogen-bond donors (Lipinski definition) is 0. The zero-order valence-electron chi connectivity index (χ0n) is 14.9. The lowest BCUT2D eigenvalue weighted by atomic mass is 10.1. The van der Waals surface area contributed by atoms with E-state index < -0.39 is 0 Å². The Labute approximate surface area is 148 Å². The SMILES string of the molecule is Cc1ccc(OCCn2c(C3CCCO3)nc3ccccc32)c(C)c1. The van der Waals surface area contributed by atoms with Crippen molar-refractivity contribution >= 4 is 11.0 Å². The lowest BCUT2D eigenvalue weighted by Gasteiger charge is -2.15. The number of imidazole rings is 1. The quantitative estimate of drug-likeness (QED) is 0.684. The first-order valence-electron chi connectivity index (χ1n) is 8.99. The van der Waals surface area contributed by atoms with Crippen LogP contribution >= 0.6 is 0 Å². The first-order chi connectivity index (χ1) is 12.2. The Morgan fingerprint density at radius 2 is 2.08 bits per heavy atom. The summed E-state index contributed by atoms with van der Waals surface area (Å²) in [5, 5.41) is 0. The number of hydrogen-bond acceptors (Lipinski definition) is 3. The molecule has 1 saturated heterocycles. The minimum atomic E-state index is 0.105. The maximum atomic E-state index is 6.04. The van der Waals surface area contributed by atoms with Crippen LogP contribution in [0.1, 0.15) is 35.9 Å². The van der Waals surface area contributed by atoms with Crippen LogP contribution in [0.25, 0.3) is 11.0 Å². The van der Waals surface area contributed by atoms with Crippen LogP contribution < -0.4 is 4.74 Å². The number of fused-ring (bicyclic) bond motifs is 1. The number of para-hydroxylation sites is 2. The van der Waals surface area contributed by atoms with E-state index in [9.17, 15) is 0 Å². The molecule has 2 heterocycles. The molecular weight excluding hydrogens is 312 g/mol. The Balaban J connectivity index is 1.56. The fraction of sp³-hybridized carbons (Fsp3) is 0.381. The zero-order valence-corrected chi connectivity index (χ0v) is 14.9. The van der Waals surface area contributed by atoms with Crippen LogP contribution in [0.4, 0.5) is 0 Å². The van der Waals surface area contributed by atoms with Gasteiger partial charge in [0.25, 0.3) is 0 Å². The molecule has 0 aliphatic carbocycles. The van der Waals surface area contributed by atoms with Crippen LogP contribution in [0.3, 0.4) is 0 Å². The minimum Gasteiger partial charge on any atom is -0.491 e. The molecule has 2 aromatic carbocycles. The normalized spacial score (nSPS) is 17.3. The molecule has 1 fully saturated rings. The summed E-state index contributed by atoms with van der Waals surface area (Å²) in [6.07, 6.45) is 2.25. The van der Waals surface area contributed by atoms with Gasteiger partial charge in [-0.3, -0.25) is 0 Å². The molecule has 1 unspecified atom stereocenters. The predicted molar refractivity (Wildman–Crippen MR) is 99.1 cm³/mol. The largest absolute Gasteiger partial charge is 0.491 e. The van der Waals surface area contributed by atoms with Gasteiger partial charge >= 0.3 is 0 Å². The number of benzene rings is 2. The minimum absolute atomic E-state index is 0.105. The van der Waals surface area contributed by atoms with E-state index in [1.807, 2.05) is 6.07 Å². The van der Waals surface area contributed by atoms with Crippen molar-refractivity contribution in [3.05, 3.63) is 59.4 Å². The molecule has 0 amide bonds. The van der Waals surface area contributed by atoms with Gasteiger partial charge in [0.05, 0.1) is 17.6 Å². The van der Waals surface area contributed by atoms with E-state index in [-0.39, 0.29) is 6.10 Å². The molecule has 4 nitrogen and oxygen atoms in total. The topological polar surface area (TPSA) is 36.3 Å². The Hall–Kier alpha value is -2.33. The smallest absolute Gasteiger partial charge is 0.139 e. The molecule has 4 rings (SSSR count). The predicted octanol–water partition coefficient (Wildman–Crippen LogP) is 4.58. The summed E-state index contributed by atoms with van der Waals surface area (Å²) in [4.78, 5) is 4.83. The van der Waals surface area contributed by atoms with Gasteiger partial charge in [0.2, 0.25) is 0 Å². The van der Waals surface area contributed by atoms with E-state index in [1.165, 1.54) is 11.1 Å². The number of ether oxygens (including phenoxy) is 2. The van der Waals surface area contributed by atoms with Crippen molar-refractivity contribution < 1.29 is 9.47 Å². The van der Waals surface area contributed by atoms with E-state index >= 15 is 0 Å². The van der Waals surface area contributed by atoms with Crippen molar-refractivity contribution in [2.24, 2.45) is 0 Å². The molecule has 1 aliphatic rings. The van der Waals surface area contributed by atoms with Crippen LogP contribution in [0, 0.1) is 13.8 Å². The van der Waals surface area contributed by atoms with Gasteiger partial charge in [-0.05, 0) is 50.5 Å². The van der Waals surface area contributed by atoms with Crippen molar-refractivity contribution in [1.82, 2.24) is 9.55 Å². The highest BCUT2D eigenvalue weighted by Crippen LogP contribution is 2.30. The summed E-state index contributed by atoms with van der Waals surface area (Å²) in [6.45, 7) is 6.40. The summed E-state index contributed by atoms with van der Waals surface area (Å²) in [5.41, 5.74) is 4.61. The highest BCUT2D eigenvalue weighted by atomic mass is 16.5. The average molecular weight is 336 g/mol. The summed E-state index contributed by atoms with van der Waals surface area (Å²) in [5.74, 6) is 1.98. The highest BCUT2D eigenvalue weighted by Gasteiger charge is 2.24. The van der Waals surface area contributed by atoms with Gasteiger partial charge in [-0.2, -0.15) is 0 Å². The van der Waals surface area contributed by atoms with Crippen molar-refractivity contribution in [3.63, 3.8) is 0 Å². The lowest BCUT2D eigenvalue weighted by Crippen LogP contribution is -2.14. The third-order valence-corrected chi connectivity index (χ3v) is 4.80. The third kappa shape index (κ3) is 3.27. The average Bonchev–Trinajstić information content (AvgIpc) is 3.25. The van der Waals surface area contributed by atoms with E-state index in [0.717, 1.165) is 48.6 Å². The Morgan fingerprint density at radius 3 is 2.88 bits per heavy atom. The second kappa shape index (κ2) is 6.89. The number of nitrogens with zero attached hydrogens (tertiary/aromatic N) is 2. The summed E-state index contributed by atoms with van der Waals surface area (Å²) in [7, 11) is 0. The van der Waals surface area contributed by atoms with Gasteiger partial charge in [-0.25, -0.2) is 4.98 Å². The number of aryl methyl sites for hydroxylation is 2. The van der Waals surface area contributed by atoms with Crippen molar-refractivity contribution in [2.75, 3.05) is 13.2 Å². The van der Waals surface area contributed by atoms with Crippen molar-refractivity contribution in [2.45, 2.75) is 39.3 Å². The molecule has 3 aromatic rings. The molecule has 0 saturated carbocycles. The third-order valence-electron chi connectivity index (χ3n) is 4.80.